The van der Waals surface area contributed by atoms with Crippen molar-refractivity contribution in [2.24, 2.45) is 0 Å². The molecule has 0 heterocycles. The highest BCUT2D eigenvalue weighted by atomic mass is 31.2. The van der Waals surface area contributed by atoms with Gasteiger partial charge in [0, 0.05) is 12.8 Å². The molecule has 0 aliphatic rings. The van der Waals surface area contributed by atoms with Crippen LogP contribution in [0.5, 0.6) is 0 Å². The molecule has 0 aromatic carbocycles. The van der Waals surface area contributed by atoms with Gasteiger partial charge >= 0.3 is 19.8 Å². The van der Waals surface area contributed by atoms with Crippen LogP contribution in [0.4, 0.5) is 0 Å². The molecule has 0 amide bonds. The fourth-order valence-corrected chi connectivity index (χ4v) is 8.31. The summed E-state index contributed by atoms with van der Waals surface area (Å²) in [6, 6.07) is 0. The van der Waals surface area contributed by atoms with Crippen LogP contribution in [0.1, 0.15) is 284 Å². The van der Waals surface area contributed by atoms with E-state index in [4.69, 9.17) is 19.3 Å². The average molecular weight is 897 g/mol. The number of unbranched alkanes of at least 4 members (excludes halogenated alkanes) is 36. The Morgan fingerprint density at radius 2 is 0.677 bits per heavy atom. The Morgan fingerprint density at radius 3 is 0.984 bits per heavy atom. The molecule has 0 aliphatic carbocycles. The number of hydrogen-bond acceptors (Lipinski definition) is 6. The average Bonchev–Trinajstić information content (AvgIpc) is 3.25. The first kappa shape index (κ1) is 60.5. The Hall–Kier alpha value is -1.47. The molecule has 0 aromatic heterocycles. The van der Waals surface area contributed by atoms with Crippen LogP contribution in [0.15, 0.2) is 24.3 Å². The Bertz CT molecular complexity index is 1060. The van der Waals surface area contributed by atoms with Crippen molar-refractivity contribution in [3.05, 3.63) is 24.3 Å². The Balaban J connectivity index is 3.78. The zero-order chi connectivity index (χ0) is 45.3. The van der Waals surface area contributed by atoms with Gasteiger partial charge in [-0.1, -0.05) is 231 Å². The molecule has 0 rings (SSSR count). The maximum Gasteiger partial charge on any atom is 0.469 e. The van der Waals surface area contributed by atoms with Crippen molar-refractivity contribution in [1.29, 1.82) is 0 Å². The van der Waals surface area contributed by atoms with Gasteiger partial charge in [0.1, 0.15) is 6.61 Å². The quantitative estimate of drug-likeness (QED) is 0.0268. The third kappa shape index (κ3) is 51.2. The molecule has 0 bridgehead atoms. The summed E-state index contributed by atoms with van der Waals surface area (Å²) in [6.07, 6.45) is 59.2. The molecule has 0 radical (unpaired) electrons. The lowest BCUT2D eigenvalue weighted by molar-refractivity contribution is -0.161. The van der Waals surface area contributed by atoms with Crippen molar-refractivity contribution in [1.82, 2.24) is 0 Å². The third-order valence-corrected chi connectivity index (χ3v) is 12.4. The normalized spacial score (nSPS) is 12.5. The summed E-state index contributed by atoms with van der Waals surface area (Å²) in [5.74, 6) is -0.873. The van der Waals surface area contributed by atoms with Gasteiger partial charge in [-0.15, -0.1) is 0 Å². The number of phosphoric ester groups is 1. The third-order valence-electron chi connectivity index (χ3n) is 11.9. The molecule has 62 heavy (non-hydrogen) atoms. The van der Waals surface area contributed by atoms with Gasteiger partial charge in [-0.05, 0) is 64.2 Å². The Labute approximate surface area is 383 Å². The summed E-state index contributed by atoms with van der Waals surface area (Å²) in [6.45, 7) is 3.73. The minimum absolute atomic E-state index is 0.214. The van der Waals surface area contributed by atoms with Crippen LogP contribution in [0.3, 0.4) is 0 Å². The van der Waals surface area contributed by atoms with E-state index in [1.165, 1.54) is 212 Å². The van der Waals surface area contributed by atoms with Crippen molar-refractivity contribution in [3.8, 4) is 0 Å². The predicted octanol–water partition coefficient (Wildman–Crippen LogP) is 17.1. The van der Waals surface area contributed by atoms with Crippen LogP contribution < -0.4 is 0 Å². The smallest absolute Gasteiger partial charge is 0.462 e. The standard InChI is InChI=1S/C53H101O8P/c1-3-5-7-9-11-13-15-17-19-21-23-25-26-28-30-32-34-36-38-40-42-44-46-48-53(55)61-51(50-60-62(56,57)58)49-59-52(54)47-45-43-41-39-37-35-33-31-29-27-24-22-20-18-16-14-12-10-8-6-4-2/h21-24,51H,3-20,25-50H2,1-2H3,(H2,56,57,58)/b23-21-,24-22-. The SMILES string of the molecule is CCCCCCCCCC/C=C\CCCCCCCCCCCCCC(=O)OC(COC(=O)CCCCCCCCCCC/C=C\CCCCCCCCCC)COP(=O)(O)O. The van der Waals surface area contributed by atoms with E-state index in [1.807, 2.05) is 0 Å². The number of carbonyl (C=O) groups excluding carboxylic acids is 2. The van der Waals surface area contributed by atoms with Crippen LogP contribution in [-0.2, 0) is 28.2 Å². The van der Waals surface area contributed by atoms with Gasteiger partial charge < -0.3 is 19.3 Å². The topological polar surface area (TPSA) is 119 Å². The minimum atomic E-state index is -4.76. The van der Waals surface area contributed by atoms with Crippen LogP contribution in [-0.4, -0.2) is 41.0 Å². The predicted molar refractivity (Wildman–Crippen MR) is 262 cm³/mol. The summed E-state index contributed by atoms with van der Waals surface area (Å²) >= 11 is 0. The zero-order valence-electron chi connectivity index (χ0n) is 40.8. The van der Waals surface area contributed by atoms with Gasteiger partial charge in [-0.25, -0.2) is 4.57 Å². The molecule has 2 N–H and O–H groups in total. The number of hydrogen-bond donors (Lipinski definition) is 2. The molecule has 9 heteroatoms. The highest BCUT2D eigenvalue weighted by molar-refractivity contribution is 7.46. The highest BCUT2D eigenvalue weighted by Crippen LogP contribution is 2.36. The Kier molecular flexibility index (Phi) is 47.8. The maximum atomic E-state index is 12.5. The largest absolute Gasteiger partial charge is 0.469 e. The molecule has 1 unspecified atom stereocenters. The fourth-order valence-electron chi connectivity index (χ4n) is 7.95. The van der Waals surface area contributed by atoms with Gasteiger partial charge in [-0.3, -0.25) is 14.1 Å². The Morgan fingerprint density at radius 1 is 0.403 bits per heavy atom. The zero-order valence-corrected chi connectivity index (χ0v) is 41.7. The van der Waals surface area contributed by atoms with Gasteiger partial charge in [0.05, 0.1) is 6.61 Å². The molecular formula is C53H101O8P. The van der Waals surface area contributed by atoms with E-state index in [0.717, 1.165) is 38.5 Å². The van der Waals surface area contributed by atoms with Gasteiger partial charge in [0.2, 0.25) is 0 Å². The second-order valence-electron chi connectivity index (χ2n) is 18.2. The second-order valence-corrected chi connectivity index (χ2v) is 19.4. The number of rotatable bonds is 50. The van der Waals surface area contributed by atoms with Crippen molar-refractivity contribution < 1.29 is 37.9 Å². The lowest BCUT2D eigenvalue weighted by Crippen LogP contribution is -2.29. The van der Waals surface area contributed by atoms with Crippen LogP contribution in [0, 0.1) is 0 Å². The molecule has 1 atom stereocenters. The highest BCUT2D eigenvalue weighted by Gasteiger charge is 2.23. The number of carbonyl (C=O) groups is 2. The first-order chi connectivity index (χ1) is 30.3. The summed E-state index contributed by atoms with van der Waals surface area (Å²) < 4.78 is 26.6. The number of esters is 2. The van der Waals surface area contributed by atoms with E-state index in [1.54, 1.807) is 0 Å². The minimum Gasteiger partial charge on any atom is -0.462 e. The molecule has 0 fully saturated rings. The lowest BCUT2D eigenvalue weighted by Gasteiger charge is -2.18. The van der Waals surface area contributed by atoms with E-state index in [9.17, 15) is 14.2 Å². The van der Waals surface area contributed by atoms with Crippen molar-refractivity contribution in [2.75, 3.05) is 13.2 Å². The van der Waals surface area contributed by atoms with Crippen LogP contribution in [0.2, 0.25) is 0 Å². The molecule has 8 nitrogen and oxygen atoms in total. The fraction of sp³-hybridized carbons (Fsp3) is 0.887. The maximum absolute atomic E-state index is 12.5. The summed E-state index contributed by atoms with van der Waals surface area (Å²) in [5.41, 5.74) is 0. The summed E-state index contributed by atoms with van der Waals surface area (Å²) in [5, 5.41) is 0. The molecule has 0 saturated carbocycles. The van der Waals surface area contributed by atoms with E-state index >= 15 is 0 Å². The van der Waals surface area contributed by atoms with Crippen molar-refractivity contribution >= 4 is 19.8 Å². The van der Waals surface area contributed by atoms with Crippen LogP contribution in [0.25, 0.3) is 0 Å². The van der Waals surface area contributed by atoms with E-state index in [0.29, 0.717) is 6.42 Å². The first-order valence-electron chi connectivity index (χ1n) is 26.6. The van der Waals surface area contributed by atoms with Gasteiger partial charge in [0.15, 0.2) is 6.10 Å². The lowest BCUT2D eigenvalue weighted by atomic mass is 10.0. The number of allylic oxidation sites excluding steroid dienone is 4. The second kappa shape index (κ2) is 49.0. The van der Waals surface area contributed by atoms with E-state index in [-0.39, 0.29) is 19.4 Å². The monoisotopic (exact) mass is 897 g/mol. The molecule has 0 aliphatic heterocycles. The van der Waals surface area contributed by atoms with E-state index < -0.39 is 32.5 Å². The first-order valence-corrected chi connectivity index (χ1v) is 28.2. The molecule has 0 aromatic rings. The number of ether oxygens (including phenoxy) is 2. The van der Waals surface area contributed by atoms with Crippen molar-refractivity contribution in [2.45, 2.75) is 290 Å². The van der Waals surface area contributed by atoms with Crippen molar-refractivity contribution in [3.63, 3.8) is 0 Å². The number of phosphoric acid groups is 1. The van der Waals surface area contributed by atoms with Gasteiger partial charge in [-0.2, -0.15) is 0 Å². The van der Waals surface area contributed by atoms with Gasteiger partial charge in [0.25, 0.3) is 0 Å². The molecule has 0 saturated heterocycles. The molecule has 0 spiro atoms. The summed E-state index contributed by atoms with van der Waals surface area (Å²) in [7, 11) is -4.76. The molecule has 366 valence electrons. The van der Waals surface area contributed by atoms with Crippen LogP contribution >= 0.6 is 7.82 Å². The molecular weight excluding hydrogens is 796 g/mol. The summed E-state index contributed by atoms with van der Waals surface area (Å²) in [4.78, 5) is 43.1. The van der Waals surface area contributed by atoms with E-state index in [2.05, 4.69) is 42.7 Å².